The Labute approximate surface area is 163 Å². The van der Waals surface area contributed by atoms with Crippen LogP contribution in [0.4, 0.5) is 10.2 Å². The van der Waals surface area contributed by atoms with E-state index < -0.39 is 0 Å². The number of halogens is 2. The zero-order valence-corrected chi connectivity index (χ0v) is 16.0. The van der Waals surface area contributed by atoms with Crippen LogP contribution in [0.25, 0.3) is 0 Å². The van der Waals surface area contributed by atoms with Crippen molar-refractivity contribution in [3.05, 3.63) is 81.2 Å². The van der Waals surface area contributed by atoms with Gasteiger partial charge in [-0.3, -0.25) is 0 Å². The number of nitrogen functional groups attached to an aromatic ring is 1. The second-order valence-electron chi connectivity index (χ2n) is 5.55. The van der Waals surface area contributed by atoms with Gasteiger partial charge in [0, 0.05) is 16.6 Å². The van der Waals surface area contributed by atoms with Gasteiger partial charge in [-0.25, -0.2) is 14.4 Å². The van der Waals surface area contributed by atoms with Crippen molar-refractivity contribution in [3.63, 3.8) is 0 Å². The SMILES string of the molecule is N#Cc1c(N)nc(SCc2ccc(Br)cc2)nc1Cc1cccc(F)c1. The first-order valence-electron chi connectivity index (χ1n) is 7.73. The van der Waals surface area contributed by atoms with E-state index >= 15 is 0 Å². The number of aromatic nitrogens is 2. The second kappa shape index (κ2) is 8.30. The van der Waals surface area contributed by atoms with Crippen LogP contribution in [-0.2, 0) is 12.2 Å². The maximum Gasteiger partial charge on any atom is 0.190 e. The number of nitriles is 1. The number of nitrogens with zero attached hydrogens (tertiary/aromatic N) is 3. The fourth-order valence-electron chi connectivity index (χ4n) is 2.39. The molecule has 0 amide bonds. The molecule has 0 fully saturated rings. The van der Waals surface area contributed by atoms with E-state index in [1.54, 1.807) is 12.1 Å². The lowest BCUT2D eigenvalue weighted by molar-refractivity contribution is 0.626. The lowest BCUT2D eigenvalue weighted by atomic mass is 10.1. The number of rotatable bonds is 5. The van der Waals surface area contributed by atoms with Crippen LogP contribution in [0.5, 0.6) is 0 Å². The first-order valence-corrected chi connectivity index (χ1v) is 9.51. The summed E-state index contributed by atoms with van der Waals surface area (Å²) in [6.45, 7) is 0. The first kappa shape index (κ1) is 18.4. The normalized spacial score (nSPS) is 10.5. The Morgan fingerprint density at radius 2 is 1.88 bits per heavy atom. The van der Waals surface area contributed by atoms with Crippen molar-refractivity contribution in [2.45, 2.75) is 17.3 Å². The topological polar surface area (TPSA) is 75.6 Å². The molecule has 0 aliphatic heterocycles. The van der Waals surface area contributed by atoms with Crippen molar-refractivity contribution in [1.29, 1.82) is 5.26 Å². The zero-order chi connectivity index (χ0) is 18.5. The summed E-state index contributed by atoms with van der Waals surface area (Å²) in [7, 11) is 0. The van der Waals surface area contributed by atoms with E-state index in [0.717, 1.165) is 15.6 Å². The predicted molar refractivity (Wildman–Crippen MR) is 104 cm³/mol. The number of hydrogen-bond donors (Lipinski definition) is 1. The highest BCUT2D eigenvalue weighted by molar-refractivity contribution is 9.10. The number of hydrogen-bond acceptors (Lipinski definition) is 5. The average molecular weight is 429 g/mol. The maximum absolute atomic E-state index is 13.4. The van der Waals surface area contributed by atoms with Crippen LogP contribution in [-0.4, -0.2) is 9.97 Å². The van der Waals surface area contributed by atoms with Gasteiger partial charge in [0.25, 0.3) is 0 Å². The van der Waals surface area contributed by atoms with Crippen LogP contribution >= 0.6 is 27.7 Å². The smallest absolute Gasteiger partial charge is 0.190 e. The van der Waals surface area contributed by atoms with Crippen molar-refractivity contribution < 1.29 is 4.39 Å². The van der Waals surface area contributed by atoms with E-state index in [0.29, 0.717) is 23.0 Å². The van der Waals surface area contributed by atoms with Crippen molar-refractivity contribution in [3.8, 4) is 6.07 Å². The fourth-order valence-corrected chi connectivity index (χ4v) is 3.48. The molecule has 0 aliphatic carbocycles. The molecule has 1 heterocycles. The van der Waals surface area contributed by atoms with Gasteiger partial charge in [-0.1, -0.05) is 52.0 Å². The number of thioether (sulfide) groups is 1. The molecule has 0 unspecified atom stereocenters. The summed E-state index contributed by atoms with van der Waals surface area (Å²) < 4.78 is 14.4. The summed E-state index contributed by atoms with van der Waals surface area (Å²) in [6, 6.07) is 16.2. The molecule has 0 saturated carbocycles. The molecular weight excluding hydrogens is 415 g/mol. The lowest BCUT2D eigenvalue weighted by Gasteiger charge is -2.09. The Hall–Kier alpha value is -2.43. The van der Waals surface area contributed by atoms with Gasteiger partial charge in [0.05, 0.1) is 5.69 Å². The van der Waals surface area contributed by atoms with Gasteiger partial charge in [0.1, 0.15) is 23.3 Å². The molecule has 2 N–H and O–H groups in total. The summed E-state index contributed by atoms with van der Waals surface area (Å²) in [5.41, 5.74) is 8.53. The number of benzene rings is 2. The molecule has 4 nitrogen and oxygen atoms in total. The third kappa shape index (κ3) is 4.59. The fraction of sp³-hybridized carbons (Fsp3) is 0.105. The minimum Gasteiger partial charge on any atom is -0.382 e. The van der Waals surface area contributed by atoms with E-state index in [4.69, 9.17) is 5.73 Å². The van der Waals surface area contributed by atoms with E-state index in [2.05, 4.69) is 25.9 Å². The minimum absolute atomic E-state index is 0.146. The van der Waals surface area contributed by atoms with Crippen LogP contribution in [0.2, 0.25) is 0 Å². The van der Waals surface area contributed by atoms with Gasteiger partial charge in [0.2, 0.25) is 0 Å². The highest BCUT2D eigenvalue weighted by atomic mass is 79.9. The summed E-state index contributed by atoms with van der Waals surface area (Å²) >= 11 is 4.85. The Bertz CT molecular complexity index is 970. The van der Waals surface area contributed by atoms with Gasteiger partial charge < -0.3 is 5.73 Å². The predicted octanol–water partition coefficient (Wildman–Crippen LogP) is 4.72. The number of anilines is 1. The third-order valence-electron chi connectivity index (χ3n) is 3.65. The van der Waals surface area contributed by atoms with Crippen LogP contribution < -0.4 is 5.73 Å². The molecule has 0 saturated heterocycles. The number of nitrogens with two attached hydrogens (primary N) is 1. The maximum atomic E-state index is 13.4. The summed E-state index contributed by atoms with van der Waals surface area (Å²) in [5.74, 6) is 0.498. The molecule has 3 rings (SSSR count). The van der Waals surface area contributed by atoms with Crippen LogP contribution in [0.1, 0.15) is 22.4 Å². The minimum atomic E-state index is -0.326. The van der Waals surface area contributed by atoms with Gasteiger partial charge in [-0.05, 0) is 35.4 Å². The molecule has 0 atom stereocenters. The third-order valence-corrected chi connectivity index (χ3v) is 5.09. The first-order chi connectivity index (χ1) is 12.5. The molecule has 7 heteroatoms. The summed E-state index contributed by atoms with van der Waals surface area (Å²) in [6.07, 6.45) is 0.319. The Morgan fingerprint density at radius 3 is 2.58 bits per heavy atom. The Morgan fingerprint density at radius 1 is 1.12 bits per heavy atom. The van der Waals surface area contributed by atoms with Gasteiger partial charge in [-0.15, -0.1) is 0 Å². The van der Waals surface area contributed by atoms with Gasteiger partial charge >= 0.3 is 0 Å². The van der Waals surface area contributed by atoms with E-state index in [1.807, 2.05) is 30.3 Å². The summed E-state index contributed by atoms with van der Waals surface area (Å²) in [4.78, 5) is 8.70. The van der Waals surface area contributed by atoms with E-state index in [1.165, 1.54) is 23.9 Å². The van der Waals surface area contributed by atoms with Crippen LogP contribution in [0, 0.1) is 17.1 Å². The van der Waals surface area contributed by atoms with Crippen molar-refractivity contribution in [2.75, 3.05) is 5.73 Å². The molecule has 0 bridgehead atoms. The monoisotopic (exact) mass is 428 g/mol. The molecule has 0 radical (unpaired) electrons. The molecule has 3 aromatic rings. The van der Waals surface area contributed by atoms with E-state index in [9.17, 15) is 9.65 Å². The quantitative estimate of drug-likeness (QED) is 0.470. The Kier molecular flexibility index (Phi) is 5.86. The van der Waals surface area contributed by atoms with Gasteiger partial charge in [-0.2, -0.15) is 5.26 Å². The summed E-state index contributed by atoms with van der Waals surface area (Å²) in [5, 5.41) is 9.86. The Balaban J connectivity index is 1.84. The van der Waals surface area contributed by atoms with Crippen molar-refractivity contribution >= 4 is 33.5 Å². The van der Waals surface area contributed by atoms with Crippen molar-refractivity contribution in [2.24, 2.45) is 0 Å². The van der Waals surface area contributed by atoms with Crippen molar-refractivity contribution in [1.82, 2.24) is 9.97 Å². The zero-order valence-electron chi connectivity index (χ0n) is 13.6. The molecule has 0 aliphatic rings. The van der Waals surface area contributed by atoms with Crippen LogP contribution in [0.15, 0.2) is 58.2 Å². The molecule has 1 aromatic heterocycles. The lowest BCUT2D eigenvalue weighted by Crippen LogP contribution is -2.06. The molecular formula is C19H14BrFN4S. The standard InChI is InChI=1S/C19H14BrFN4S/c20-14-6-4-12(5-7-14)11-26-19-24-17(16(10-22)18(23)25-19)9-13-2-1-3-15(21)8-13/h1-8H,9,11H2,(H2,23,24,25). The highest BCUT2D eigenvalue weighted by Gasteiger charge is 2.14. The second-order valence-corrected chi connectivity index (χ2v) is 7.40. The van der Waals surface area contributed by atoms with Gasteiger partial charge in [0.15, 0.2) is 5.16 Å². The van der Waals surface area contributed by atoms with E-state index in [-0.39, 0.29) is 17.2 Å². The van der Waals surface area contributed by atoms with Crippen LogP contribution in [0.3, 0.4) is 0 Å². The highest BCUT2D eigenvalue weighted by Crippen LogP contribution is 2.25. The molecule has 0 spiro atoms. The molecule has 130 valence electrons. The average Bonchev–Trinajstić information content (AvgIpc) is 2.61. The largest absolute Gasteiger partial charge is 0.382 e. The molecule has 2 aromatic carbocycles. The molecule has 26 heavy (non-hydrogen) atoms.